The maximum absolute atomic E-state index is 2.58. The maximum Gasteiger partial charge on any atom is 0.0146 e. The van der Waals surface area contributed by atoms with E-state index in [2.05, 4.69) is 193 Å². The largest absolute Gasteiger partial charge is 0.301 e. The molecule has 0 spiro atoms. The molecule has 0 amide bonds. The van der Waals surface area contributed by atoms with Gasteiger partial charge in [-0.1, -0.05) is 298 Å². The third kappa shape index (κ3) is 27.3. The lowest BCUT2D eigenvalue weighted by molar-refractivity contribution is 0.0421. The summed E-state index contributed by atoms with van der Waals surface area (Å²) in [6.07, 6.45) is 26.7. The summed E-state index contributed by atoms with van der Waals surface area (Å²) in [6.45, 7) is 44.4. The van der Waals surface area contributed by atoms with E-state index in [-0.39, 0.29) is 35.1 Å². The molecule has 3 aromatic carbocycles. The number of rotatable bonds is 8. The number of benzene rings is 3. The van der Waals surface area contributed by atoms with Crippen LogP contribution in [-0.2, 0) is 5.41 Å². The van der Waals surface area contributed by atoms with Gasteiger partial charge in [-0.3, -0.25) is 0 Å². The Morgan fingerprint density at radius 1 is 0.351 bits per heavy atom. The highest BCUT2D eigenvalue weighted by atomic mass is 15.2. The van der Waals surface area contributed by atoms with Crippen molar-refractivity contribution in [3.05, 3.63) is 106 Å². The highest BCUT2D eigenvalue weighted by Crippen LogP contribution is 2.49. The van der Waals surface area contributed by atoms with Crippen molar-refractivity contribution in [3.63, 3.8) is 0 Å². The van der Waals surface area contributed by atoms with Crippen LogP contribution in [-0.4, -0.2) is 49.1 Å². The van der Waals surface area contributed by atoms with Gasteiger partial charge in [-0.25, -0.2) is 0 Å². The summed E-state index contributed by atoms with van der Waals surface area (Å²) < 4.78 is 0. The Balaban J connectivity index is 0. The van der Waals surface area contributed by atoms with Crippen LogP contribution in [0, 0.1) is 80.5 Å². The van der Waals surface area contributed by atoms with E-state index >= 15 is 0 Å². The van der Waals surface area contributed by atoms with E-state index in [1.807, 2.05) is 0 Å². The van der Waals surface area contributed by atoms with E-state index in [1.54, 1.807) is 0 Å². The summed E-state index contributed by atoms with van der Waals surface area (Å²) in [6, 6.07) is 26.1. The molecule has 2 nitrogen and oxygen atoms in total. The van der Waals surface area contributed by atoms with Gasteiger partial charge in [0.05, 0.1) is 0 Å². The number of aryl methyl sites for hydroxylation is 4. The molecule has 5 fully saturated rings. The van der Waals surface area contributed by atoms with Gasteiger partial charge < -0.3 is 9.80 Å². The summed E-state index contributed by atoms with van der Waals surface area (Å²) >= 11 is 0. The Hall–Kier alpha value is -2.42. The van der Waals surface area contributed by atoms with Crippen molar-refractivity contribution in [1.82, 2.24) is 9.80 Å². The molecule has 4 aliphatic carbocycles. The van der Waals surface area contributed by atoms with Crippen LogP contribution in [0.25, 0.3) is 0 Å². The van der Waals surface area contributed by atoms with Gasteiger partial charge in [-0.2, -0.15) is 0 Å². The van der Waals surface area contributed by atoms with Gasteiger partial charge in [0.1, 0.15) is 0 Å². The zero-order valence-electron chi connectivity index (χ0n) is 49.4. The number of nitrogens with zero attached hydrogens (tertiary/aromatic N) is 2. The topological polar surface area (TPSA) is 6.48 Å². The van der Waals surface area contributed by atoms with Crippen LogP contribution < -0.4 is 0 Å². The van der Waals surface area contributed by atoms with Crippen molar-refractivity contribution in [1.29, 1.82) is 0 Å². The van der Waals surface area contributed by atoms with Crippen molar-refractivity contribution < 1.29 is 0 Å². The Labute approximate surface area is 467 Å². The van der Waals surface area contributed by atoms with Crippen LogP contribution in [0.2, 0.25) is 0 Å². The standard InChI is InChI=1S/C17H32.C17H20.C10H20.C8H18N2.C8H16.C8H10.4CH4/c2*1-13-5-9-15(10-6-13)17(3,4)16-11-7-14(2)8-12-16;2*1-3-9-5-7-10(4-2)8-6-9;2*1-7-3-5-8(2)6-4-7;;;;/h13-16H,5-12H2,1-4H3;5-12H,1-4H3;9-10H,3-8H2,1-2H3;3-8H2,1-2H3;7-8H,3-6H2,1-2H3;3-6H,1-2H3;4*1H4. The van der Waals surface area contributed by atoms with Crippen molar-refractivity contribution in [2.45, 2.75) is 261 Å². The summed E-state index contributed by atoms with van der Waals surface area (Å²) in [7, 11) is 0. The Morgan fingerprint density at radius 3 is 0.784 bits per heavy atom. The fraction of sp³-hybridized carbons (Fsp3) is 0.750. The first-order chi connectivity index (χ1) is 33.3. The monoisotopic (exact) mass is 1030 g/mol. The summed E-state index contributed by atoms with van der Waals surface area (Å²) in [5.41, 5.74) is 8.70. The van der Waals surface area contributed by atoms with Gasteiger partial charge in [0, 0.05) is 31.6 Å². The molecular formula is C72H132N2. The first-order valence-electron chi connectivity index (χ1n) is 29.9. The predicted octanol–water partition coefficient (Wildman–Crippen LogP) is 22.2. The lowest BCUT2D eigenvalue weighted by atomic mass is 9.59. The van der Waals surface area contributed by atoms with Crippen LogP contribution >= 0.6 is 0 Å². The van der Waals surface area contributed by atoms with E-state index in [9.17, 15) is 0 Å². The van der Waals surface area contributed by atoms with Crippen molar-refractivity contribution in [3.8, 4) is 0 Å². The zero-order chi connectivity index (χ0) is 51.7. The minimum absolute atomic E-state index is 0. The zero-order valence-corrected chi connectivity index (χ0v) is 49.4. The number of hydrogen-bond donors (Lipinski definition) is 0. The summed E-state index contributed by atoms with van der Waals surface area (Å²) in [5.74, 6) is 8.19. The summed E-state index contributed by atoms with van der Waals surface area (Å²) in [4.78, 5) is 5.01. The number of likely N-dealkylation sites (N-methyl/N-ethyl adjacent to an activating group) is 2. The molecule has 430 valence electrons. The first-order valence-corrected chi connectivity index (χ1v) is 29.9. The predicted molar refractivity (Wildman–Crippen MR) is 340 cm³/mol. The van der Waals surface area contributed by atoms with Crippen molar-refractivity contribution in [2.24, 2.45) is 52.8 Å². The van der Waals surface area contributed by atoms with E-state index in [4.69, 9.17) is 0 Å². The molecule has 5 aliphatic rings. The third-order valence-corrected chi connectivity index (χ3v) is 18.7. The van der Waals surface area contributed by atoms with Crippen LogP contribution in [0.15, 0.2) is 72.8 Å². The van der Waals surface area contributed by atoms with Gasteiger partial charge in [0.15, 0.2) is 0 Å². The van der Waals surface area contributed by atoms with Crippen LogP contribution in [0.5, 0.6) is 0 Å². The van der Waals surface area contributed by atoms with Crippen molar-refractivity contribution in [2.75, 3.05) is 39.3 Å². The second-order valence-corrected chi connectivity index (χ2v) is 25.2. The smallest absolute Gasteiger partial charge is 0.0146 e. The summed E-state index contributed by atoms with van der Waals surface area (Å²) in [5, 5.41) is 0. The van der Waals surface area contributed by atoms with E-state index in [1.165, 1.54) is 188 Å². The molecule has 3 aromatic rings. The van der Waals surface area contributed by atoms with Crippen LogP contribution in [0.4, 0.5) is 0 Å². The first kappa shape index (κ1) is 73.7. The highest BCUT2D eigenvalue weighted by molar-refractivity contribution is 5.39. The molecule has 0 N–H and O–H groups in total. The minimum Gasteiger partial charge on any atom is -0.301 e. The molecule has 74 heavy (non-hydrogen) atoms. The Bertz CT molecular complexity index is 1560. The van der Waals surface area contributed by atoms with Gasteiger partial charge in [0.25, 0.3) is 0 Å². The van der Waals surface area contributed by atoms with Crippen LogP contribution in [0.1, 0.15) is 262 Å². The molecule has 0 radical (unpaired) electrons. The molecule has 8 rings (SSSR count). The maximum atomic E-state index is 2.58. The SMILES string of the molecule is C.C.C.C.CC1CCC(C(C)(C)C2CCC(C)CC2)CC1.CC1CCC(C)CC1.CCC1CCC(CC)CC1.CCN1CCN(CC)CC1.Cc1ccc(C(C)(C)c2ccc(C)cc2)cc1.Cc1ccc(C)cc1. The Morgan fingerprint density at radius 2 is 0.568 bits per heavy atom. The molecule has 1 saturated heterocycles. The molecule has 0 unspecified atom stereocenters. The second kappa shape index (κ2) is 39.0. The fourth-order valence-electron chi connectivity index (χ4n) is 12.0. The van der Waals surface area contributed by atoms with Gasteiger partial charge in [-0.15, -0.1) is 0 Å². The minimum atomic E-state index is 0. The quantitative estimate of drug-likeness (QED) is 0.222. The molecule has 4 saturated carbocycles. The number of piperazine rings is 1. The second-order valence-electron chi connectivity index (χ2n) is 25.2. The molecule has 0 bridgehead atoms. The molecule has 1 heterocycles. The highest BCUT2D eigenvalue weighted by Gasteiger charge is 2.39. The van der Waals surface area contributed by atoms with Crippen molar-refractivity contribution >= 4 is 0 Å². The van der Waals surface area contributed by atoms with E-state index in [0.29, 0.717) is 5.41 Å². The Kier molecular flexibility index (Phi) is 38.8. The van der Waals surface area contributed by atoms with E-state index in [0.717, 1.165) is 47.3 Å². The molecule has 1 aliphatic heterocycles. The average Bonchev–Trinajstić information content (AvgIpc) is 3.37. The van der Waals surface area contributed by atoms with Crippen LogP contribution in [0.3, 0.4) is 0 Å². The van der Waals surface area contributed by atoms with Gasteiger partial charge in [-0.05, 0) is 130 Å². The normalized spacial score (nSPS) is 25.0. The molecule has 0 atom stereocenters. The lowest BCUT2D eigenvalue weighted by Crippen LogP contribution is -2.45. The van der Waals surface area contributed by atoms with Gasteiger partial charge in [0.2, 0.25) is 0 Å². The molecular weight excluding hydrogens is 893 g/mol. The molecule has 2 heteroatoms. The fourth-order valence-corrected chi connectivity index (χ4v) is 12.0. The number of hydrogen-bond acceptors (Lipinski definition) is 2. The van der Waals surface area contributed by atoms with E-state index < -0.39 is 0 Å². The third-order valence-electron chi connectivity index (χ3n) is 18.7. The lowest BCUT2D eigenvalue weighted by Gasteiger charge is -2.46. The van der Waals surface area contributed by atoms with Gasteiger partial charge >= 0.3 is 0 Å². The molecule has 0 aromatic heterocycles. The average molecular weight is 1030 g/mol.